The summed E-state index contributed by atoms with van der Waals surface area (Å²) in [5, 5.41) is 2.70. The molecule has 0 saturated carbocycles. The first kappa shape index (κ1) is 18.0. The summed E-state index contributed by atoms with van der Waals surface area (Å²) in [4.78, 5) is 12.0. The van der Waals surface area contributed by atoms with Gasteiger partial charge in [-0.2, -0.15) is 4.31 Å². The van der Waals surface area contributed by atoms with E-state index in [1.54, 1.807) is 0 Å². The van der Waals surface area contributed by atoms with Crippen LogP contribution in [0.5, 0.6) is 0 Å². The lowest BCUT2D eigenvalue weighted by Gasteiger charge is -2.31. The van der Waals surface area contributed by atoms with Gasteiger partial charge in [0.2, 0.25) is 15.9 Å². The van der Waals surface area contributed by atoms with Crippen LogP contribution in [0.25, 0.3) is 0 Å². The van der Waals surface area contributed by atoms with Crippen LogP contribution in [-0.4, -0.2) is 44.8 Å². The van der Waals surface area contributed by atoms with Crippen LogP contribution in [0.1, 0.15) is 12.8 Å². The summed E-state index contributed by atoms with van der Waals surface area (Å²) < 4.78 is 27.0. The van der Waals surface area contributed by atoms with Gasteiger partial charge < -0.3 is 11.1 Å². The van der Waals surface area contributed by atoms with Crippen LogP contribution in [0.15, 0.2) is 11.0 Å². The van der Waals surface area contributed by atoms with Gasteiger partial charge in [0, 0.05) is 26.2 Å². The number of piperidine rings is 1. The Morgan fingerprint density at radius 3 is 2.82 bits per heavy atom. The lowest BCUT2D eigenvalue weighted by molar-refractivity contribution is -0.126. The molecule has 0 aliphatic carbocycles. The first-order chi connectivity index (χ1) is 10.4. The molecule has 6 nitrogen and oxygen atoms in total. The van der Waals surface area contributed by atoms with Gasteiger partial charge in [-0.3, -0.25) is 4.79 Å². The largest absolute Gasteiger partial charge is 0.355 e. The highest BCUT2D eigenvalue weighted by atomic mass is 35.5. The van der Waals surface area contributed by atoms with Crippen LogP contribution in [0.3, 0.4) is 0 Å². The fourth-order valence-electron chi connectivity index (χ4n) is 2.35. The molecule has 0 aromatic carbocycles. The van der Waals surface area contributed by atoms with Gasteiger partial charge in [0.1, 0.15) is 9.23 Å². The van der Waals surface area contributed by atoms with E-state index in [1.807, 2.05) is 0 Å². The van der Waals surface area contributed by atoms with Crippen LogP contribution < -0.4 is 11.1 Å². The summed E-state index contributed by atoms with van der Waals surface area (Å²) in [7, 11) is -3.74. The third kappa shape index (κ3) is 3.93. The maximum absolute atomic E-state index is 12.6. The van der Waals surface area contributed by atoms with Crippen molar-refractivity contribution >= 4 is 50.5 Å². The standard InChI is InChI=1S/C12H17Cl2N3O3S2/c13-10-6-9(11(14)21-10)22(19,20)17-5-1-2-8(7-17)12(18)16-4-3-15/h6,8H,1-5,7,15H2,(H,16,18). The predicted octanol–water partition coefficient (Wildman–Crippen LogP) is 1.53. The second-order valence-electron chi connectivity index (χ2n) is 4.97. The quantitative estimate of drug-likeness (QED) is 0.803. The van der Waals surface area contributed by atoms with Crippen molar-refractivity contribution in [2.24, 2.45) is 11.7 Å². The van der Waals surface area contributed by atoms with Gasteiger partial charge in [-0.1, -0.05) is 23.2 Å². The zero-order chi connectivity index (χ0) is 16.3. The molecule has 1 atom stereocenters. The Morgan fingerprint density at radius 2 is 2.23 bits per heavy atom. The molecule has 1 fully saturated rings. The molecule has 3 N–H and O–H groups in total. The van der Waals surface area contributed by atoms with Gasteiger partial charge in [0.05, 0.1) is 10.3 Å². The van der Waals surface area contributed by atoms with Crippen molar-refractivity contribution in [2.45, 2.75) is 17.7 Å². The van der Waals surface area contributed by atoms with Crippen molar-refractivity contribution in [3.63, 3.8) is 0 Å². The number of nitrogens with two attached hydrogens (primary N) is 1. The number of thiophene rings is 1. The normalized spacial score (nSPS) is 20.0. The average molecular weight is 386 g/mol. The molecule has 1 saturated heterocycles. The number of nitrogens with one attached hydrogen (secondary N) is 1. The Bertz CT molecular complexity index is 648. The van der Waals surface area contributed by atoms with Crippen molar-refractivity contribution in [3.05, 3.63) is 14.7 Å². The maximum atomic E-state index is 12.6. The number of carbonyl (C=O) groups is 1. The second-order valence-corrected chi connectivity index (χ2v) is 9.16. The van der Waals surface area contributed by atoms with E-state index in [0.29, 0.717) is 36.8 Å². The Balaban J connectivity index is 2.14. The Hall–Kier alpha value is -0.380. The molecule has 0 radical (unpaired) electrons. The topological polar surface area (TPSA) is 92.5 Å². The van der Waals surface area contributed by atoms with Crippen molar-refractivity contribution in [2.75, 3.05) is 26.2 Å². The molecular weight excluding hydrogens is 369 g/mol. The van der Waals surface area contributed by atoms with Gasteiger partial charge in [-0.05, 0) is 18.9 Å². The third-order valence-electron chi connectivity index (χ3n) is 3.44. The minimum atomic E-state index is -3.74. The number of sulfonamides is 1. The van der Waals surface area contributed by atoms with E-state index in [-0.39, 0.29) is 27.6 Å². The molecule has 2 heterocycles. The molecule has 1 aliphatic rings. The van der Waals surface area contributed by atoms with Crippen LogP contribution in [0.4, 0.5) is 0 Å². The zero-order valence-electron chi connectivity index (χ0n) is 11.7. The first-order valence-electron chi connectivity index (χ1n) is 6.79. The molecule has 1 amide bonds. The lowest BCUT2D eigenvalue weighted by atomic mass is 9.99. The summed E-state index contributed by atoms with van der Waals surface area (Å²) in [6.07, 6.45) is 1.27. The van der Waals surface area contributed by atoms with E-state index in [1.165, 1.54) is 10.4 Å². The Kier molecular flexibility index (Phi) is 6.09. The number of halogens is 2. The number of carbonyl (C=O) groups excluding carboxylic acids is 1. The molecule has 2 rings (SSSR count). The monoisotopic (exact) mass is 385 g/mol. The van der Waals surface area contributed by atoms with Gasteiger partial charge >= 0.3 is 0 Å². The van der Waals surface area contributed by atoms with Crippen LogP contribution >= 0.6 is 34.5 Å². The highest BCUT2D eigenvalue weighted by Crippen LogP contribution is 2.36. The van der Waals surface area contributed by atoms with Crippen molar-refractivity contribution in [3.8, 4) is 0 Å². The zero-order valence-corrected chi connectivity index (χ0v) is 14.9. The van der Waals surface area contributed by atoms with E-state index < -0.39 is 10.0 Å². The minimum Gasteiger partial charge on any atom is -0.355 e. The van der Waals surface area contributed by atoms with E-state index in [4.69, 9.17) is 28.9 Å². The molecular formula is C12H17Cl2N3O3S2. The number of hydrogen-bond acceptors (Lipinski definition) is 5. The smallest absolute Gasteiger partial charge is 0.245 e. The molecule has 22 heavy (non-hydrogen) atoms. The SMILES string of the molecule is NCCNC(=O)C1CCCN(S(=O)(=O)c2cc(Cl)sc2Cl)C1. The molecule has 1 aliphatic heterocycles. The number of hydrogen-bond donors (Lipinski definition) is 2. The number of rotatable bonds is 5. The predicted molar refractivity (Wildman–Crippen MR) is 87.9 cm³/mol. The summed E-state index contributed by atoms with van der Waals surface area (Å²) in [5.41, 5.74) is 5.35. The Labute approximate surface area is 143 Å². The van der Waals surface area contributed by atoms with E-state index in [2.05, 4.69) is 5.32 Å². The maximum Gasteiger partial charge on any atom is 0.245 e. The summed E-state index contributed by atoms with van der Waals surface area (Å²) in [5.74, 6) is -0.539. The van der Waals surface area contributed by atoms with Gasteiger partial charge in [-0.15, -0.1) is 11.3 Å². The summed E-state index contributed by atoms with van der Waals surface area (Å²) in [6.45, 7) is 1.24. The van der Waals surface area contributed by atoms with E-state index in [0.717, 1.165) is 11.3 Å². The fraction of sp³-hybridized carbons (Fsp3) is 0.583. The molecule has 124 valence electrons. The molecule has 1 aromatic rings. The molecule has 10 heteroatoms. The first-order valence-corrected chi connectivity index (χ1v) is 9.80. The van der Waals surface area contributed by atoms with Gasteiger partial charge in [0.15, 0.2) is 0 Å². The average Bonchev–Trinajstić information content (AvgIpc) is 2.84. The lowest BCUT2D eigenvalue weighted by Crippen LogP contribution is -2.46. The van der Waals surface area contributed by atoms with Crippen LogP contribution in [0.2, 0.25) is 8.67 Å². The highest BCUT2D eigenvalue weighted by Gasteiger charge is 2.35. The molecule has 1 aromatic heterocycles. The van der Waals surface area contributed by atoms with E-state index >= 15 is 0 Å². The number of nitrogens with zero attached hydrogens (tertiary/aromatic N) is 1. The summed E-state index contributed by atoms with van der Waals surface area (Å²) in [6, 6.07) is 1.35. The third-order valence-corrected chi connectivity index (χ3v) is 7.06. The van der Waals surface area contributed by atoms with Crippen molar-refractivity contribution < 1.29 is 13.2 Å². The Morgan fingerprint density at radius 1 is 1.50 bits per heavy atom. The second kappa shape index (κ2) is 7.46. The molecule has 1 unspecified atom stereocenters. The van der Waals surface area contributed by atoms with Crippen LogP contribution in [0, 0.1) is 5.92 Å². The number of amides is 1. The van der Waals surface area contributed by atoms with Crippen LogP contribution in [-0.2, 0) is 14.8 Å². The van der Waals surface area contributed by atoms with Crippen molar-refractivity contribution in [1.29, 1.82) is 0 Å². The van der Waals surface area contributed by atoms with Gasteiger partial charge in [-0.25, -0.2) is 8.42 Å². The molecule has 0 bridgehead atoms. The fourth-order valence-corrected chi connectivity index (χ4v) is 5.99. The molecule has 0 spiro atoms. The van der Waals surface area contributed by atoms with Gasteiger partial charge in [0.25, 0.3) is 0 Å². The van der Waals surface area contributed by atoms with Crippen molar-refractivity contribution in [1.82, 2.24) is 9.62 Å². The highest BCUT2D eigenvalue weighted by molar-refractivity contribution is 7.89. The summed E-state index contributed by atoms with van der Waals surface area (Å²) >= 11 is 12.8. The minimum absolute atomic E-state index is 0.00665. The van der Waals surface area contributed by atoms with E-state index in [9.17, 15) is 13.2 Å².